The number of hydrogen-bond acceptors (Lipinski definition) is 5. The molecule has 4 atom stereocenters. The molecule has 3 aliphatic rings. The zero-order valence-corrected chi connectivity index (χ0v) is 21.7. The minimum Gasteiger partial charge on any atom is -0.296 e. The summed E-state index contributed by atoms with van der Waals surface area (Å²) in [5.41, 5.74) is 3.50. The van der Waals surface area contributed by atoms with Gasteiger partial charge in [-0.25, -0.2) is 9.88 Å². The Morgan fingerprint density at radius 2 is 1.63 bits per heavy atom. The SMILES string of the molecule is Cc1ccc(N2C(=O)[C@H]3[C@@H](C(C)C)N[C@@]4(c5ccccc5-n5c4nc4ccccc4c5=O)[C@H]3C2=O)cc1C. The summed E-state index contributed by atoms with van der Waals surface area (Å²) in [7, 11) is 0. The Kier molecular flexibility index (Phi) is 4.68. The van der Waals surface area contributed by atoms with E-state index in [1.165, 1.54) is 4.90 Å². The maximum absolute atomic E-state index is 14.4. The van der Waals surface area contributed by atoms with E-state index in [1.54, 1.807) is 10.6 Å². The van der Waals surface area contributed by atoms with Crippen LogP contribution in [0.25, 0.3) is 16.6 Å². The molecule has 4 heterocycles. The summed E-state index contributed by atoms with van der Waals surface area (Å²) in [6.45, 7) is 8.11. The molecule has 2 saturated heterocycles. The van der Waals surface area contributed by atoms with Crippen molar-refractivity contribution >= 4 is 28.4 Å². The molecule has 38 heavy (non-hydrogen) atoms. The van der Waals surface area contributed by atoms with Crippen LogP contribution < -0.4 is 15.8 Å². The van der Waals surface area contributed by atoms with Gasteiger partial charge in [-0.1, -0.05) is 50.2 Å². The Morgan fingerprint density at radius 1 is 0.895 bits per heavy atom. The number of carbonyl (C=O) groups excluding carboxylic acids is 2. The first-order chi connectivity index (χ1) is 18.3. The van der Waals surface area contributed by atoms with Crippen molar-refractivity contribution in [2.75, 3.05) is 4.90 Å². The molecule has 3 aromatic carbocycles. The number of benzene rings is 3. The van der Waals surface area contributed by atoms with Gasteiger partial charge in [0.25, 0.3) is 5.56 Å². The molecule has 0 saturated carbocycles. The third-order valence-electron chi connectivity index (χ3n) is 8.76. The normalized spacial score (nSPS) is 25.5. The molecular formula is C31H28N4O3. The Morgan fingerprint density at radius 3 is 2.39 bits per heavy atom. The number of carbonyl (C=O) groups is 2. The number of anilines is 1. The summed E-state index contributed by atoms with van der Waals surface area (Å²) in [4.78, 5) is 48.8. The van der Waals surface area contributed by atoms with E-state index in [1.807, 2.05) is 74.5 Å². The number of nitrogens with zero attached hydrogens (tertiary/aromatic N) is 3. The van der Waals surface area contributed by atoms with E-state index in [0.717, 1.165) is 16.7 Å². The monoisotopic (exact) mass is 504 g/mol. The zero-order valence-electron chi connectivity index (χ0n) is 21.7. The Labute approximate surface area is 220 Å². The quantitative estimate of drug-likeness (QED) is 0.418. The number of aryl methyl sites for hydroxylation is 2. The summed E-state index contributed by atoms with van der Waals surface area (Å²) < 4.78 is 1.64. The van der Waals surface area contributed by atoms with Crippen LogP contribution in [0.4, 0.5) is 5.69 Å². The summed E-state index contributed by atoms with van der Waals surface area (Å²) in [5.74, 6) is -1.26. The number of amides is 2. The van der Waals surface area contributed by atoms with Crippen molar-refractivity contribution < 1.29 is 9.59 Å². The van der Waals surface area contributed by atoms with Gasteiger partial charge >= 0.3 is 0 Å². The van der Waals surface area contributed by atoms with Gasteiger partial charge in [0.2, 0.25) is 11.8 Å². The predicted octanol–water partition coefficient (Wildman–Crippen LogP) is 3.99. The molecule has 1 aromatic heterocycles. The number of fused-ring (bicyclic) bond motifs is 8. The van der Waals surface area contributed by atoms with E-state index in [2.05, 4.69) is 19.2 Å². The van der Waals surface area contributed by atoms with Crippen molar-refractivity contribution in [3.63, 3.8) is 0 Å². The van der Waals surface area contributed by atoms with Crippen molar-refractivity contribution in [3.8, 4) is 5.69 Å². The van der Waals surface area contributed by atoms with E-state index in [4.69, 9.17) is 4.98 Å². The molecule has 190 valence electrons. The van der Waals surface area contributed by atoms with Crippen LogP contribution in [0.2, 0.25) is 0 Å². The summed E-state index contributed by atoms with van der Waals surface area (Å²) >= 11 is 0. The molecule has 1 spiro atoms. The lowest BCUT2D eigenvalue weighted by atomic mass is 9.75. The Hall–Kier alpha value is -4.10. The highest BCUT2D eigenvalue weighted by molar-refractivity contribution is 6.23. The minimum atomic E-state index is -1.11. The van der Waals surface area contributed by atoms with Gasteiger partial charge in [-0.15, -0.1) is 0 Å². The van der Waals surface area contributed by atoms with Crippen LogP contribution >= 0.6 is 0 Å². The molecule has 2 amide bonds. The first-order valence-corrected chi connectivity index (χ1v) is 13.1. The zero-order chi connectivity index (χ0) is 26.5. The molecule has 1 N–H and O–H groups in total. The Bertz CT molecular complexity index is 1760. The fraction of sp³-hybridized carbons (Fsp3) is 0.290. The highest BCUT2D eigenvalue weighted by atomic mass is 16.2. The van der Waals surface area contributed by atoms with Crippen molar-refractivity contribution in [3.05, 3.63) is 99.6 Å². The van der Waals surface area contributed by atoms with E-state index in [-0.39, 0.29) is 29.3 Å². The molecule has 7 nitrogen and oxygen atoms in total. The second-order valence-corrected chi connectivity index (χ2v) is 11.1. The lowest BCUT2D eigenvalue weighted by Gasteiger charge is -2.32. The highest BCUT2D eigenvalue weighted by Gasteiger charge is 2.70. The molecule has 3 aliphatic heterocycles. The maximum Gasteiger partial charge on any atom is 0.266 e. The first-order valence-electron chi connectivity index (χ1n) is 13.1. The van der Waals surface area contributed by atoms with Crippen LogP contribution in [0.15, 0.2) is 71.5 Å². The summed E-state index contributed by atoms with van der Waals surface area (Å²) in [6.07, 6.45) is 0. The van der Waals surface area contributed by atoms with Gasteiger partial charge in [0.05, 0.1) is 34.1 Å². The number of aromatic nitrogens is 2. The van der Waals surface area contributed by atoms with Gasteiger partial charge < -0.3 is 0 Å². The van der Waals surface area contributed by atoms with Gasteiger partial charge in [-0.2, -0.15) is 0 Å². The molecule has 7 heteroatoms. The number of hydrogen-bond donors (Lipinski definition) is 1. The second-order valence-electron chi connectivity index (χ2n) is 11.1. The molecule has 2 fully saturated rings. The maximum atomic E-state index is 14.4. The topological polar surface area (TPSA) is 84.3 Å². The average Bonchev–Trinajstić information content (AvgIpc) is 3.50. The molecule has 0 aliphatic carbocycles. The molecular weight excluding hydrogens is 476 g/mol. The molecule has 0 unspecified atom stereocenters. The van der Waals surface area contributed by atoms with Crippen LogP contribution in [-0.4, -0.2) is 27.4 Å². The third-order valence-corrected chi connectivity index (χ3v) is 8.76. The minimum absolute atomic E-state index is 0.0618. The van der Waals surface area contributed by atoms with Gasteiger partial charge in [0.15, 0.2) is 0 Å². The lowest BCUT2D eigenvalue weighted by Crippen LogP contribution is -2.51. The molecule has 4 aromatic rings. The fourth-order valence-electron chi connectivity index (χ4n) is 6.84. The first kappa shape index (κ1) is 23.0. The van der Waals surface area contributed by atoms with Gasteiger partial charge in [-0.05, 0) is 61.2 Å². The Balaban J connectivity index is 1.53. The van der Waals surface area contributed by atoms with Crippen LogP contribution in [0.3, 0.4) is 0 Å². The van der Waals surface area contributed by atoms with E-state index >= 15 is 0 Å². The van der Waals surface area contributed by atoms with Crippen LogP contribution in [0, 0.1) is 31.6 Å². The molecule has 0 bridgehead atoms. The standard InChI is InChI=1S/C31H28N4O3/c1-16(2)26-24-25(29(38)34(28(24)37)19-14-13-17(3)18(4)15-19)31(33-26)21-10-6-8-12-23(21)35-27(36)20-9-5-7-11-22(20)32-30(31)35/h5-16,24-26,33H,1-4H3/t24-,25-,26-,31+/m1/s1. The van der Waals surface area contributed by atoms with Gasteiger partial charge in [-0.3, -0.25) is 24.3 Å². The summed E-state index contributed by atoms with van der Waals surface area (Å²) in [6, 6.07) is 20.4. The smallest absolute Gasteiger partial charge is 0.266 e. The summed E-state index contributed by atoms with van der Waals surface area (Å²) in [5, 5.41) is 4.25. The van der Waals surface area contributed by atoms with E-state index < -0.39 is 17.4 Å². The van der Waals surface area contributed by atoms with Crippen LogP contribution in [0.1, 0.15) is 36.4 Å². The van der Waals surface area contributed by atoms with E-state index in [9.17, 15) is 14.4 Å². The highest BCUT2D eigenvalue weighted by Crippen LogP contribution is 2.56. The van der Waals surface area contributed by atoms with Crippen LogP contribution in [-0.2, 0) is 15.1 Å². The van der Waals surface area contributed by atoms with Crippen molar-refractivity contribution in [1.82, 2.24) is 14.9 Å². The van der Waals surface area contributed by atoms with Crippen LogP contribution in [0.5, 0.6) is 0 Å². The predicted molar refractivity (Wildman–Crippen MR) is 145 cm³/mol. The molecule has 0 radical (unpaired) electrons. The van der Waals surface area contributed by atoms with Crippen molar-refractivity contribution in [2.45, 2.75) is 39.3 Å². The molecule has 7 rings (SSSR count). The number of nitrogens with one attached hydrogen (secondary N) is 1. The average molecular weight is 505 g/mol. The number of para-hydroxylation sites is 2. The second kappa shape index (κ2) is 7.71. The largest absolute Gasteiger partial charge is 0.296 e. The van der Waals surface area contributed by atoms with Crippen molar-refractivity contribution in [2.24, 2.45) is 17.8 Å². The number of imide groups is 1. The lowest BCUT2D eigenvalue weighted by molar-refractivity contribution is -0.123. The van der Waals surface area contributed by atoms with E-state index in [0.29, 0.717) is 28.1 Å². The van der Waals surface area contributed by atoms with Crippen molar-refractivity contribution in [1.29, 1.82) is 0 Å². The van der Waals surface area contributed by atoms with Gasteiger partial charge in [0.1, 0.15) is 11.4 Å². The third kappa shape index (κ3) is 2.72. The van der Waals surface area contributed by atoms with Gasteiger partial charge in [0, 0.05) is 11.6 Å². The number of rotatable bonds is 2. The fourth-order valence-corrected chi connectivity index (χ4v) is 6.84.